The van der Waals surface area contributed by atoms with Gasteiger partial charge in [-0.2, -0.15) is 0 Å². The molecule has 0 saturated heterocycles. The number of aliphatic imine (C=N–C) groups is 1. The van der Waals surface area contributed by atoms with Crippen LogP contribution in [-0.4, -0.2) is 48.5 Å². The van der Waals surface area contributed by atoms with Crippen LogP contribution >= 0.6 is 24.0 Å². The highest BCUT2D eigenvalue weighted by atomic mass is 127. The molecule has 0 aliphatic carbocycles. The van der Waals surface area contributed by atoms with E-state index < -0.39 is 9.84 Å². The summed E-state index contributed by atoms with van der Waals surface area (Å²) < 4.78 is 39.8. The minimum atomic E-state index is -3.24. The lowest BCUT2D eigenvalue weighted by Crippen LogP contribution is -2.36. The highest BCUT2D eigenvalue weighted by molar-refractivity contribution is 14.0. The Kier molecular flexibility index (Phi) is 11.1. The van der Waals surface area contributed by atoms with E-state index in [0.29, 0.717) is 53.3 Å². The van der Waals surface area contributed by atoms with Crippen molar-refractivity contribution in [1.82, 2.24) is 10.6 Å². The van der Waals surface area contributed by atoms with E-state index in [4.69, 9.17) is 14.2 Å². The Labute approximate surface area is 207 Å². The van der Waals surface area contributed by atoms with Crippen molar-refractivity contribution in [2.75, 3.05) is 34.1 Å². The van der Waals surface area contributed by atoms with Crippen molar-refractivity contribution in [1.29, 1.82) is 0 Å². The molecule has 178 valence electrons. The van der Waals surface area contributed by atoms with Crippen LogP contribution in [0.25, 0.3) is 0 Å². The lowest BCUT2D eigenvalue weighted by atomic mass is 10.1. The first kappa shape index (κ1) is 27.8. The average molecular weight is 577 g/mol. The van der Waals surface area contributed by atoms with Crippen molar-refractivity contribution >= 4 is 39.8 Å². The SMILES string of the molecule is CCNC(=NCc1ccc(S(C)(=O)=O)c(C)c1)NCc1cc(OC)c(OC)cc1OC.I. The standard InChI is InChI=1S/C22H31N3O5S.HI/c1-7-23-22(24-13-16-8-9-21(15(2)10-16)31(6,26)27)25-14-17-11-19(29-4)20(30-5)12-18(17)28-3;/h8-12H,7,13-14H2,1-6H3,(H2,23,24,25);1H. The van der Waals surface area contributed by atoms with E-state index in [0.717, 1.165) is 11.1 Å². The highest BCUT2D eigenvalue weighted by Crippen LogP contribution is 2.34. The average Bonchev–Trinajstić information content (AvgIpc) is 2.74. The fourth-order valence-electron chi connectivity index (χ4n) is 3.15. The number of methoxy groups -OCH3 is 3. The van der Waals surface area contributed by atoms with Gasteiger partial charge in [-0.05, 0) is 37.1 Å². The Hall–Kier alpha value is -2.21. The Bertz CT molecular complexity index is 1040. The summed E-state index contributed by atoms with van der Waals surface area (Å²) in [6.07, 6.45) is 1.21. The number of sulfone groups is 1. The van der Waals surface area contributed by atoms with Gasteiger partial charge in [0.05, 0.1) is 32.8 Å². The first-order chi connectivity index (χ1) is 14.7. The maximum absolute atomic E-state index is 11.8. The van der Waals surface area contributed by atoms with E-state index in [1.807, 2.05) is 19.1 Å². The molecule has 0 heterocycles. The van der Waals surface area contributed by atoms with Crippen LogP contribution < -0.4 is 24.8 Å². The van der Waals surface area contributed by atoms with Gasteiger partial charge in [0.15, 0.2) is 27.3 Å². The molecular formula is C22H32IN3O5S. The predicted octanol–water partition coefficient (Wildman–Crippen LogP) is 3.30. The van der Waals surface area contributed by atoms with Gasteiger partial charge >= 0.3 is 0 Å². The van der Waals surface area contributed by atoms with Gasteiger partial charge in [-0.1, -0.05) is 12.1 Å². The number of hydrogen-bond acceptors (Lipinski definition) is 6. The number of rotatable bonds is 9. The van der Waals surface area contributed by atoms with Crippen LogP contribution in [-0.2, 0) is 22.9 Å². The van der Waals surface area contributed by atoms with Crippen molar-refractivity contribution in [3.8, 4) is 17.2 Å². The zero-order valence-electron chi connectivity index (χ0n) is 19.3. The van der Waals surface area contributed by atoms with E-state index in [-0.39, 0.29) is 24.0 Å². The van der Waals surface area contributed by atoms with Crippen LogP contribution in [0.5, 0.6) is 17.2 Å². The van der Waals surface area contributed by atoms with Gasteiger partial charge in [0.2, 0.25) is 0 Å². The molecule has 0 unspecified atom stereocenters. The molecule has 0 fully saturated rings. The number of benzene rings is 2. The Morgan fingerprint density at radius 2 is 1.59 bits per heavy atom. The first-order valence-electron chi connectivity index (χ1n) is 9.84. The van der Waals surface area contributed by atoms with Crippen molar-refractivity contribution in [2.24, 2.45) is 4.99 Å². The van der Waals surface area contributed by atoms with Crippen LogP contribution in [0.1, 0.15) is 23.6 Å². The molecule has 0 radical (unpaired) electrons. The third-order valence-electron chi connectivity index (χ3n) is 4.64. The molecule has 32 heavy (non-hydrogen) atoms. The number of ether oxygens (including phenoxy) is 3. The number of hydrogen-bond donors (Lipinski definition) is 2. The fourth-order valence-corrected chi connectivity index (χ4v) is 4.11. The molecular weight excluding hydrogens is 545 g/mol. The Morgan fingerprint density at radius 3 is 2.12 bits per heavy atom. The largest absolute Gasteiger partial charge is 0.496 e. The number of nitrogens with one attached hydrogen (secondary N) is 2. The summed E-state index contributed by atoms with van der Waals surface area (Å²) in [5.41, 5.74) is 2.52. The number of halogens is 1. The van der Waals surface area contributed by atoms with Crippen molar-refractivity contribution in [3.05, 3.63) is 47.0 Å². The minimum Gasteiger partial charge on any atom is -0.496 e. The lowest BCUT2D eigenvalue weighted by Gasteiger charge is -2.16. The molecule has 0 atom stereocenters. The monoisotopic (exact) mass is 577 g/mol. The summed E-state index contributed by atoms with van der Waals surface area (Å²) >= 11 is 0. The van der Waals surface area contributed by atoms with Crippen LogP contribution in [0.15, 0.2) is 40.2 Å². The summed E-state index contributed by atoms with van der Waals surface area (Å²) in [5.74, 6) is 2.51. The van der Waals surface area contributed by atoms with E-state index in [9.17, 15) is 8.42 Å². The molecule has 0 bridgehead atoms. The summed E-state index contributed by atoms with van der Waals surface area (Å²) in [7, 11) is 1.53. The Morgan fingerprint density at radius 1 is 0.969 bits per heavy atom. The molecule has 0 aliphatic rings. The highest BCUT2D eigenvalue weighted by Gasteiger charge is 2.13. The maximum atomic E-state index is 11.8. The third kappa shape index (κ3) is 7.44. The number of guanidine groups is 1. The smallest absolute Gasteiger partial charge is 0.191 e. The quantitative estimate of drug-likeness (QED) is 0.268. The van der Waals surface area contributed by atoms with Gasteiger partial charge in [-0.3, -0.25) is 0 Å². The second-order valence-corrected chi connectivity index (χ2v) is 8.92. The van der Waals surface area contributed by atoms with Gasteiger partial charge in [0.25, 0.3) is 0 Å². The van der Waals surface area contributed by atoms with Gasteiger partial charge in [-0.25, -0.2) is 13.4 Å². The van der Waals surface area contributed by atoms with Crippen molar-refractivity contribution < 1.29 is 22.6 Å². The topological polar surface area (TPSA) is 98.3 Å². The van der Waals surface area contributed by atoms with E-state index in [1.54, 1.807) is 46.5 Å². The number of nitrogens with zero attached hydrogens (tertiary/aromatic N) is 1. The van der Waals surface area contributed by atoms with Crippen molar-refractivity contribution in [3.63, 3.8) is 0 Å². The molecule has 0 spiro atoms. The van der Waals surface area contributed by atoms with E-state index in [1.165, 1.54) is 6.26 Å². The van der Waals surface area contributed by atoms with Gasteiger partial charge in [-0.15, -0.1) is 24.0 Å². The fraction of sp³-hybridized carbons (Fsp3) is 0.409. The van der Waals surface area contributed by atoms with Crippen LogP contribution in [0.3, 0.4) is 0 Å². The summed E-state index contributed by atoms with van der Waals surface area (Å²) in [6, 6.07) is 8.91. The molecule has 8 nitrogen and oxygen atoms in total. The summed E-state index contributed by atoms with van der Waals surface area (Å²) in [5, 5.41) is 6.50. The minimum absolute atomic E-state index is 0. The van der Waals surface area contributed by atoms with E-state index >= 15 is 0 Å². The predicted molar refractivity (Wildman–Crippen MR) is 137 cm³/mol. The lowest BCUT2D eigenvalue weighted by molar-refractivity contribution is 0.347. The van der Waals surface area contributed by atoms with Gasteiger partial charge in [0, 0.05) is 31.0 Å². The number of aryl methyl sites for hydroxylation is 1. The van der Waals surface area contributed by atoms with E-state index in [2.05, 4.69) is 15.6 Å². The maximum Gasteiger partial charge on any atom is 0.191 e. The first-order valence-corrected chi connectivity index (χ1v) is 11.7. The summed E-state index contributed by atoms with van der Waals surface area (Å²) in [4.78, 5) is 4.95. The second-order valence-electron chi connectivity index (χ2n) is 6.94. The van der Waals surface area contributed by atoms with Crippen molar-refractivity contribution in [2.45, 2.75) is 31.8 Å². The van der Waals surface area contributed by atoms with Gasteiger partial charge in [0.1, 0.15) is 5.75 Å². The zero-order chi connectivity index (χ0) is 23.0. The zero-order valence-corrected chi connectivity index (χ0v) is 22.5. The van der Waals surface area contributed by atoms with Crippen LogP contribution in [0.4, 0.5) is 0 Å². The van der Waals surface area contributed by atoms with Crippen LogP contribution in [0, 0.1) is 6.92 Å². The molecule has 2 rings (SSSR count). The molecule has 0 aromatic heterocycles. The summed E-state index contributed by atoms with van der Waals surface area (Å²) in [6.45, 7) is 5.33. The molecule has 2 aromatic carbocycles. The van der Waals surface area contributed by atoms with Gasteiger partial charge < -0.3 is 24.8 Å². The molecule has 0 saturated carbocycles. The molecule has 0 amide bonds. The Balaban J connectivity index is 0.00000512. The second kappa shape index (κ2) is 12.7. The molecule has 2 aromatic rings. The molecule has 2 N–H and O–H groups in total. The van der Waals surface area contributed by atoms with Crippen LogP contribution in [0.2, 0.25) is 0 Å². The third-order valence-corrected chi connectivity index (χ3v) is 5.89. The molecule has 10 heteroatoms. The molecule has 0 aliphatic heterocycles. The normalized spacial score (nSPS) is 11.4.